The maximum Gasteiger partial charge on any atom is 0.222 e. The third-order valence-corrected chi connectivity index (χ3v) is 3.37. The van der Waals surface area contributed by atoms with Gasteiger partial charge in [0.2, 0.25) is 11.8 Å². The summed E-state index contributed by atoms with van der Waals surface area (Å²) in [5.41, 5.74) is 1.57. The number of aromatic amines is 1. The molecule has 2 N–H and O–H groups in total. The van der Waals surface area contributed by atoms with Crippen LogP contribution in [0.1, 0.15) is 12.5 Å². The standard InChI is InChI=1S/C11H12N4O2S/c1-17-9-3-2-7-10(14-9)15(11(18)13-7)6-4-8(16)12-5-6/h2-3,6H,4-5H2,1H3,(H,12,16)(H,13,18). The number of pyridine rings is 1. The third kappa shape index (κ3) is 1.67. The molecule has 18 heavy (non-hydrogen) atoms. The molecule has 1 fully saturated rings. The molecule has 0 aromatic carbocycles. The number of nitrogens with one attached hydrogen (secondary N) is 2. The number of aromatic nitrogens is 3. The van der Waals surface area contributed by atoms with Crippen LogP contribution in [0, 0.1) is 4.77 Å². The number of carbonyl (C=O) groups excluding carboxylic acids is 1. The topological polar surface area (TPSA) is 71.9 Å². The fourth-order valence-electron chi connectivity index (χ4n) is 2.21. The molecule has 1 amide bonds. The molecule has 7 heteroatoms. The molecule has 0 radical (unpaired) electrons. The van der Waals surface area contributed by atoms with Crippen molar-refractivity contribution in [2.24, 2.45) is 0 Å². The minimum atomic E-state index is 0.0124. The van der Waals surface area contributed by atoms with Crippen molar-refractivity contribution in [3.63, 3.8) is 0 Å². The number of hydrogen-bond acceptors (Lipinski definition) is 4. The van der Waals surface area contributed by atoms with E-state index in [1.165, 1.54) is 0 Å². The van der Waals surface area contributed by atoms with Gasteiger partial charge < -0.3 is 15.0 Å². The van der Waals surface area contributed by atoms with Crippen molar-refractivity contribution in [3.8, 4) is 5.88 Å². The first-order valence-corrected chi connectivity index (χ1v) is 6.02. The molecule has 2 aromatic heterocycles. The molecule has 1 atom stereocenters. The molecule has 1 aliphatic rings. The number of fused-ring (bicyclic) bond motifs is 1. The summed E-state index contributed by atoms with van der Waals surface area (Å²) in [7, 11) is 1.57. The summed E-state index contributed by atoms with van der Waals surface area (Å²) in [6.07, 6.45) is 0.431. The highest BCUT2D eigenvalue weighted by molar-refractivity contribution is 7.71. The van der Waals surface area contributed by atoms with Crippen LogP contribution in [-0.2, 0) is 4.79 Å². The second-order valence-corrected chi connectivity index (χ2v) is 4.57. The van der Waals surface area contributed by atoms with Gasteiger partial charge in [-0.2, -0.15) is 4.98 Å². The lowest BCUT2D eigenvalue weighted by atomic mass is 10.2. The van der Waals surface area contributed by atoms with E-state index in [4.69, 9.17) is 17.0 Å². The lowest BCUT2D eigenvalue weighted by molar-refractivity contribution is -0.119. The van der Waals surface area contributed by atoms with Crippen LogP contribution in [0.5, 0.6) is 5.88 Å². The smallest absolute Gasteiger partial charge is 0.222 e. The average Bonchev–Trinajstić information content (AvgIpc) is 2.90. The zero-order chi connectivity index (χ0) is 12.7. The van der Waals surface area contributed by atoms with Gasteiger partial charge in [-0.15, -0.1) is 0 Å². The van der Waals surface area contributed by atoms with Crippen LogP contribution >= 0.6 is 12.2 Å². The lowest BCUT2D eigenvalue weighted by Crippen LogP contribution is -2.15. The Morgan fingerprint density at radius 3 is 3.06 bits per heavy atom. The van der Waals surface area contributed by atoms with E-state index in [2.05, 4.69) is 15.3 Å². The van der Waals surface area contributed by atoms with Crippen molar-refractivity contribution in [2.45, 2.75) is 12.5 Å². The first-order valence-electron chi connectivity index (χ1n) is 5.61. The fraction of sp³-hybridized carbons (Fsp3) is 0.364. The van der Waals surface area contributed by atoms with Crippen molar-refractivity contribution in [1.29, 1.82) is 0 Å². The predicted octanol–water partition coefficient (Wildman–Crippen LogP) is 1.16. The quantitative estimate of drug-likeness (QED) is 0.799. The van der Waals surface area contributed by atoms with E-state index < -0.39 is 0 Å². The largest absolute Gasteiger partial charge is 0.481 e. The molecule has 6 nitrogen and oxygen atoms in total. The first kappa shape index (κ1) is 11.2. The highest BCUT2D eigenvalue weighted by Gasteiger charge is 2.25. The summed E-state index contributed by atoms with van der Waals surface area (Å²) in [4.78, 5) is 18.8. The second-order valence-electron chi connectivity index (χ2n) is 4.19. The summed E-state index contributed by atoms with van der Waals surface area (Å²) in [5.74, 6) is 0.571. The number of ether oxygens (including phenoxy) is 1. The van der Waals surface area contributed by atoms with E-state index >= 15 is 0 Å². The Morgan fingerprint density at radius 1 is 1.56 bits per heavy atom. The molecule has 3 heterocycles. The molecule has 94 valence electrons. The highest BCUT2D eigenvalue weighted by atomic mass is 32.1. The highest BCUT2D eigenvalue weighted by Crippen LogP contribution is 2.24. The molecular weight excluding hydrogens is 252 g/mol. The van der Waals surface area contributed by atoms with Crippen molar-refractivity contribution >= 4 is 29.3 Å². The predicted molar refractivity (Wildman–Crippen MR) is 68.1 cm³/mol. The van der Waals surface area contributed by atoms with E-state index in [0.717, 1.165) is 11.2 Å². The lowest BCUT2D eigenvalue weighted by Gasteiger charge is -2.10. The molecule has 0 saturated carbocycles. The Kier molecular flexibility index (Phi) is 2.55. The summed E-state index contributed by atoms with van der Waals surface area (Å²) in [6, 6.07) is 3.66. The van der Waals surface area contributed by atoms with Gasteiger partial charge in [0.1, 0.15) is 0 Å². The maximum atomic E-state index is 11.3. The number of H-pyrrole nitrogens is 1. The van der Waals surface area contributed by atoms with Crippen LogP contribution in [-0.4, -0.2) is 34.1 Å². The molecule has 2 aromatic rings. The zero-order valence-electron chi connectivity index (χ0n) is 9.77. The fourth-order valence-corrected chi connectivity index (χ4v) is 2.55. The van der Waals surface area contributed by atoms with Gasteiger partial charge in [-0.25, -0.2) is 0 Å². The Morgan fingerprint density at radius 2 is 2.39 bits per heavy atom. The van der Waals surface area contributed by atoms with Crippen LogP contribution in [0.4, 0.5) is 0 Å². The molecule has 1 unspecified atom stereocenters. The summed E-state index contributed by atoms with van der Waals surface area (Å²) < 4.78 is 7.57. The molecule has 1 aliphatic heterocycles. The first-order chi connectivity index (χ1) is 8.69. The second kappa shape index (κ2) is 4.09. The summed E-state index contributed by atoms with van der Waals surface area (Å²) in [6.45, 7) is 0.582. The molecule has 0 spiro atoms. The zero-order valence-corrected chi connectivity index (χ0v) is 10.6. The van der Waals surface area contributed by atoms with E-state index in [-0.39, 0.29) is 11.9 Å². The minimum absolute atomic E-state index is 0.0124. The van der Waals surface area contributed by atoms with Gasteiger partial charge in [-0.05, 0) is 18.3 Å². The Labute approximate surface area is 108 Å². The summed E-state index contributed by atoms with van der Waals surface area (Å²) in [5, 5.41) is 2.80. The monoisotopic (exact) mass is 264 g/mol. The Bertz CT molecular complexity index is 675. The van der Waals surface area contributed by atoms with Crippen molar-refractivity contribution < 1.29 is 9.53 Å². The van der Waals surface area contributed by atoms with E-state index in [1.807, 2.05) is 10.6 Å². The van der Waals surface area contributed by atoms with Crippen molar-refractivity contribution in [2.75, 3.05) is 13.7 Å². The van der Waals surface area contributed by atoms with E-state index in [0.29, 0.717) is 23.6 Å². The van der Waals surface area contributed by atoms with Crippen LogP contribution in [0.15, 0.2) is 12.1 Å². The van der Waals surface area contributed by atoms with Crippen molar-refractivity contribution in [1.82, 2.24) is 19.9 Å². The van der Waals surface area contributed by atoms with E-state index in [1.54, 1.807) is 13.2 Å². The van der Waals surface area contributed by atoms with Gasteiger partial charge in [-0.3, -0.25) is 9.36 Å². The van der Waals surface area contributed by atoms with E-state index in [9.17, 15) is 4.79 Å². The number of hydrogen-bond donors (Lipinski definition) is 2. The number of nitrogens with zero attached hydrogens (tertiary/aromatic N) is 2. The number of amides is 1. The molecule has 0 aliphatic carbocycles. The molecule has 3 rings (SSSR count). The number of rotatable bonds is 2. The number of methoxy groups -OCH3 is 1. The molecule has 0 bridgehead atoms. The van der Waals surface area contributed by atoms with Crippen LogP contribution < -0.4 is 10.1 Å². The average molecular weight is 264 g/mol. The van der Waals surface area contributed by atoms with Crippen LogP contribution in [0.2, 0.25) is 0 Å². The Hall–Kier alpha value is -1.89. The van der Waals surface area contributed by atoms with Gasteiger partial charge in [-0.1, -0.05) is 0 Å². The minimum Gasteiger partial charge on any atom is -0.481 e. The van der Waals surface area contributed by atoms with Gasteiger partial charge >= 0.3 is 0 Å². The van der Waals surface area contributed by atoms with Crippen molar-refractivity contribution in [3.05, 3.63) is 16.9 Å². The SMILES string of the molecule is COc1ccc2[nH]c(=S)n(C3CNC(=O)C3)c2n1. The van der Waals surface area contributed by atoms with Gasteiger partial charge in [0.15, 0.2) is 10.4 Å². The molecule has 1 saturated heterocycles. The van der Waals surface area contributed by atoms with Gasteiger partial charge in [0, 0.05) is 19.0 Å². The molecular formula is C11H12N4O2S. The van der Waals surface area contributed by atoms with Crippen LogP contribution in [0.25, 0.3) is 11.2 Å². The van der Waals surface area contributed by atoms with Gasteiger partial charge in [0.25, 0.3) is 0 Å². The van der Waals surface area contributed by atoms with Gasteiger partial charge in [0.05, 0.1) is 18.7 Å². The summed E-state index contributed by atoms with van der Waals surface area (Å²) >= 11 is 5.30. The number of imidazole rings is 1. The van der Waals surface area contributed by atoms with Crippen LogP contribution in [0.3, 0.4) is 0 Å². The third-order valence-electron chi connectivity index (χ3n) is 3.07. The maximum absolute atomic E-state index is 11.3. The number of carbonyl (C=O) groups is 1. The Balaban J connectivity index is 2.17. The normalized spacial score (nSPS) is 19.2.